The SMILES string of the molecule is CCOc1ccc(C)cc1C(O)c1ccc([N+](=O)[O-])o1. The minimum atomic E-state index is -1.11. The molecule has 0 amide bonds. The summed E-state index contributed by atoms with van der Waals surface area (Å²) in [4.78, 5) is 9.96. The second kappa shape index (κ2) is 5.75. The van der Waals surface area contributed by atoms with Crippen LogP contribution in [-0.2, 0) is 0 Å². The lowest BCUT2D eigenvalue weighted by molar-refractivity contribution is -0.402. The van der Waals surface area contributed by atoms with Gasteiger partial charge in [-0.05, 0) is 32.0 Å². The van der Waals surface area contributed by atoms with Crippen molar-refractivity contribution < 1.29 is 19.2 Å². The van der Waals surface area contributed by atoms with E-state index in [1.165, 1.54) is 12.1 Å². The van der Waals surface area contributed by atoms with Gasteiger partial charge in [0.2, 0.25) is 0 Å². The molecule has 0 radical (unpaired) electrons. The van der Waals surface area contributed by atoms with Gasteiger partial charge in [-0.1, -0.05) is 11.6 Å². The summed E-state index contributed by atoms with van der Waals surface area (Å²) < 4.78 is 10.5. The highest BCUT2D eigenvalue weighted by Gasteiger charge is 2.22. The average Bonchev–Trinajstić information content (AvgIpc) is 2.90. The largest absolute Gasteiger partial charge is 0.493 e. The van der Waals surface area contributed by atoms with Crippen LogP contribution in [0, 0.1) is 17.0 Å². The molecule has 0 aliphatic rings. The smallest absolute Gasteiger partial charge is 0.433 e. The zero-order valence-electron chi connectivity index (χ0n) is 11.2. The van der Waals surface area contributed by atoms with Crippen LogP contribution in [0.5, 0.6) is 5.75 Å². The average molecular weight is 277 g/mol. The molecule has 0 bridgehead atoms. The van der Waals surface area contributed by atoms with Crippen molar-refractivity contribution in [3.05, 3.63) is 57.3 Å². The van der Waals surface area contributed by atoms with Crippen molar-refractivity contribution >= 4 is 5.88 Å². The molecule has 2 rings (SSSR count). The number of aliphatic hydroxyl groups is 1. The Bertz CT molecular complexity index is 620. The molecule has 0 spiro atoms. The molecule has 1 atom stereocenters. The van der Waals surface area contributed by atoms with E-state index in [4.69, 9.17) is 9.15 Å². The van der Waals surface area contributed by atoms with E-state index in [9.17, 15) is 15.2 Å². The highest BCUT2D eigenvalue weighted by Crippen LogP contribution is 2.33. The highest BCUT2D eigenvalue weighted by molar-refractivity contribution is 5.41. The van der Waals surface area contributed by atoms with E-state index in [2.05, 4.69) is 0 Å². The molecule has 106 valence electrons. The van der Waals surface area contributed by atoms with E-state index < -0.39 is 16.9 Å². The van der Waals surface area contributed by atoms with Gasteiger partial charge in [0.25, 0.3) is 0 Å². The predicted octanol–water partition coefficient (Wildman–Crippen LogP) is 2.98. The normalized spacial score (nSPS) is 12.2. The van der Waals surface area contributed by atoms with E-state index in [1.807, 2.05) is 19.9 Å². The molecule has 1 aromatic carbocycles. The fourth-order valence-electron chi connectivity index (χ4n) is 1.91. The maximum atomic E-state index is 10.6. The van der Waals surface area contributed by atoms with Crippen molar-refractivity contribution in [3.8, 4) is 5.75 Å². The number of nitro groups is 1. The molecular formula is C14H15NO5. The van der Waals surface area contributed by atoms with Crippen LogP contribution in [0.3, 0.4) is 0 Å². The lowest BCUT2D eigenvalue weighted by Crippen LogP contribution is -2.03. The van der Waals surface area contributed by atoms with Crippen LogP contribution in [0.15, 0.2) is 34.7 Å². The number of benzene rings is 1. The van der Waals surface area contributed by atoms with E-state index in [-0.39, 0.29) is 5.76 Å². The molecule has 0 saturated carbocycles. The first-order valence-corrected chi connectivity index (χ1v) is 6.18. The summed E-state index contributed by atoms with van der Waals surface area (Å²) in [6, 6.07) is 8.00. The summed E-state index contributed by atoms with van der Waals surface area (Å²) in [5.74, 6) is 0.248. The van der Waals surface area contributed by atoms with Crippen molar-refractivity contribution in [2.24, 2.45) is 0 Å². The van der Waals surface area contributed by atoms with Gasteiger partial charge < -0.3 is 14.3 Å². The standard InChI is InChI=1S/C14H15NO5/c1-3-19-11-5-4-9(2)8-10(11)14(16)12-6-7-13(20-12)15(17)18/h4-8,14,16H,3H2,1-2H3. The van der Waals surface area contributed by atoms with Crippen molar-refractivity contribution in [3.63, 3.8) is 0 Å². The number of hydrogen-bond acceptors (Lipinski definition) is 5. The third-order valence-electron chi connectivity index (χ3n) is 2.82. The molecule has 1 N–H and O–H groups in total. The number of aliphatic hydroxyl groups excluding tert-OH is 1. The van der Waals surface area contributed by atoms with Gasteiger partial charge in [0.1, 0.15) is 22.5 Å². The first kappa shape index (κ1) is 14.1. The summed E-state index contributed by atoms with van der Waals surface area (Å²) in [7, 11) is 0. The Morgan fingerprint density at radius 3 is 2.75 bits per heavy atom. The monoisotopic (exact) mass is 277 g/mol. The second-order valence-corrected chi connectivity index (χ2v) is 4.31. The van der Waals surface area contributed by atoms with Crippen molar-refractivity contribution in [2.45, 2.75) is 20.0 Å². The first-order valence-electron chi connectivity index (χ1n) is 6.18. The van der Waals surface area contributed by atoms with Gasteiger partial charge in [-0.25, -0.2) is 0 Å². The molecular weight excluding hydrogens is 262 g/mol. The molecule has 1 heterocycles. The van der Waals surface area contributed by atoms with Crippen LogP contribution in [0.25, 0.3) is 0 Å². The van der Waals surface area contributed by atoms with Gasteiger partial charge in [0.05, 0.1) is 12.7 Å². The van der Waals surface area contributed by atoms with Crippen LogP contribution in [0.1, 0.15) is 29.9 Å². The Kier molecular flexibility index (Phi) is 4.05. The van der Waals surface area contributed by atoms with Crippen molar-refractivity contribution in [1.29, 1.82) is 0 Å². The van der Waals surface area contributed by atoms with E-state index >= 15 is 0 Å². The van der Waals surface area contributed by atoms with Gasteiger partial charge in [-0.2, -0.15) is 0 Å². The molecule has 1 unspecified atom stereocenters. The Morgan fingerprint density at radius 2 is 2.15 bits per heavy atom. The number of furan rings is 1. The maximum absolute atomic E-state index is 10.6. The summed E-state index contributed by atoms with van der Waals surface area (Å²) in [6.45, 7) is 4.19. The Balaban J connectivity index is 2.38. The summed E-state index contributed by atoms with van der Waals surface area (Å²) >= 11 is 0. The second-order valence-electron chi connectivity index (χ2n) is 4.31. The number of hydrogen-bond donors (Lipinski definition) is 1. The minimum Gasteiger partial charge on any atom is -0.493 e. The number of ether oxygens (including phenoxy) is 1. The van der Waals surface area contributed by atoms with E-state index in [0.29, 0.717) is 17.9 Å². The molecule has 0 aliphatic heterocycles. The van der Waals surface area contributed by atoms with Gasteiger partial charge in [-0.3, -0.25) is 10.1 Å². The molecule has 2 aromatic rings. The van der Waals surface area contributed by atoms with Crippen LogP contribution in [0.4, 0.5) is 5.88 Å². The van der Waals surface area contributed by atoms with Crippen LogP contribution in [-0.4, -0.2) is 16.6 Å². The summed E-state index contributed by atoms with van der Waals surface area (Å²) in [5, 5.41) is 20.9. The number of rotatable bonds is 5. The summed E-state index contributed by atoms with van der Waals surface area (Å²) in [6.07, 6.45) is -1.11. The summed E-state index contributed by atoms with van der Waals surface area (Å²) in [5.41, 5.74) is 1.47. The van der Waals surface area contributed by atoms with Gasteiger partial charge in [0.15, 0.2) is 0 Å². The Labute approximate surface area is 115 Å². The molecule has 6 nitrogen and oxygen atoms in total. The molecule has 0 fully saturated rings. The fraction of sp³-hybridized carbons (Fsp3) is 0.286. The quantitative estimate of drug-likeness (QED) is 0.670. The van der Waals surface area contributed by atoms with Crippen LogP contribution < -0.4 is 4.74 Å². The number of aryl methyl sites for hydroxylation is 1. The van der Waals surface area contributed by atoms with Gasteiger partial charge in [-0.15, -0.1) is 0 Å². The van der Waals surface area contributed by atoms with Crippen molar-refractivity contribution in [2.75, 3.05) is 6.61 Å². The van der Waals surface area contributed by atoms with Crippen LogP contribution >= 0.6 is 0 Å². The van der Waals surface area contributed by atoms with Gasteiger partial charge in [0, 0.05) is 5.56 Å². The van der Waals surface area contributed by atoms with E-state index in [0.717, 1.165) is 5.56 Å². The molecule has 6 heteroatoms. The Morgan fingerprint density at radius 1 is 1.40 bits per heavy atom. The first-order chi connectivity index (χ1) is 9.52. The lowest BCUT2D eigenvalue weighted by Gasteiger charge is -2.14. The third kappa shape index (κ3) is 2.80. The highest BCUT2D eigenvalue weighted by atomic mass is 16.6. The van der Waals surface area contributed by atoms with Crippen molar-refractivity contribution in [1.82, 2.24) is 0 Å². The molecule has 1 aromatic heterocycles. The lowest BCUT2D eigenvalue weighted by atomic mass is 10.0. The zero-order chi connectivity index (χ0) is 14.7. The van der Waals surface area contributed by atoms with E-state index in [1.54, 1.807) is 12.1 Å². The molecule has 20 heavy (non-hydrogen) atoms. The molecule has 0 aliphatic carbocycles. The topological polar surface area (TPSA) is 85.7 Å². The zero-order valence-corrected chi connectivity index (χ0v) is 11.2. The fourth-order valence-corrected chi connectivity index (χ4v) is 1.91. The third-order valence-corrected chi connectivity index (χ3v) is 2.82. The minimum absolute atomic E-state index is 0.114. The Hall–Kier alpha value is -2.34. The predicted molar refractivity (Wildman–Crippen MR) is 71.8 cm³/mol. The van der Waals surface area contributed by atoms with Gasteiger partial charge >= 0.3 is 5.88 Å². The van der Waals surface area contributed by atoms with Crippen LogP contribution in [0.2, 0.25) is 0 Å². The molecule has 0 saturated heterocycles. The maximum Gasteiger partial charge on any atom is 0.433 e. The number of nitrogens with zero attached hydrogens (tertiary/aromatic N) is 1.